The molecule has 2 aromatic rings. The molecule has 10 nitrogen and oxygen atoms in total. The fourth-order valence-corrected chi connectivity index (χ4v) is 9.18. The number of ether oxygens (including phenoxy) is 2. The van der Waals surface area contributed by atoms with Gasteiger partial charge in [0.05, 0.1) is 36.6 Å². The maximum absolute atomic E-state index is 14.9. The Hall–Kier alpha value is -3.80. The fraction of sp³-hybridized carbons (Fsp3) is 0.512. The molecule has 5 rings (SSSR count). The number of hydrogen-bond acceptors (Lipinski definition) is 7. The van der Waals surface area contributed by atoms with Crippen molar-refractivity contribution in [3.63, 3.8) is 0 Å². The molecule has 0 aliphatic carbocycles. The number of hydrogen-bond donors (Lipinski definition) is 1. The smallest absolute Gasteiger partial charge is 0.313 e. The van der Waals surface area contributed by atoms with Gasteiger partial charge in [-0.1, -0.05) is 102 Å². The molecule has 1 N–H and O–H groups in total. The van der Waals surface area contributed by atoms with Crippen molar-refractivity contribution in [3.8, 4) is 0 Å². The second-order valence-electron chi connectivity index (χ2n) is 14.2. The first kappa shape index (κ1) is 39.4. The van der Waals surface area contributed by atoms with Crippen LogP contribution in [0.15, 0.2) is 86.0 Å². The van der Waals surface area contributed by atoms with Gasteiger partial charge in [-0.05, 0) is 43.7 Å². The summed E-state index contributed by atoms with van der Waals surface area (Å²) in [4.78, 5) is 61.9. The van der Waals surface area contributed by atoms with Gasteiger partial charge >= 0.3 is 5.97 Å². The third-order valence-corrected chi connectivity index (χ3v) is 11.8. The number of allylic oxidation sites excluding steroid dienone is 1. The first-order chi connectivity index (χ1) is 25.0. The van der Waals surface area contributed by atoms with Crippen molar-refractivity contribution in [1.82, 2.24) is 14.7 Å². The molecule has 3 fully saturated rings. The number of rotatable bonds is 18. The summed E-state index contributed by atoms with van der Waals surface area (Å²) in [5.41, 5.74) is 0.264. The van der Waals surface area contributed by atoms with E-state index in [4.69, 9.17) is 9.47 Å². The minimum Gasteiger partial charge on any atom is -0.455 e. The van der Waals surface area contributed by atoms with E-state index < -0.39 is 59.6 Å². The number of carbonyl (C=O) groups excluding carboxylic acids is 4. The fourth-order valence-electron chi connectivity index (χ4n) is 8.24. The van der Waals surface area contributed by atoms with E-state index in [0.29, 0.717) is 31.4 Å². The molecule has 3 saturated heterocycles. The number of esters is 1. The van der Waals surface area contributed by atoms with Crippen LogP contribution in [0.25, 0.3) is 0 Å². The van der Waals surface area contributed by atoms with Crippen LogP contribution in [-0.2, 0) is 35.1 Å². The van der Waals surface area contributed by atoms with E-state index in [9.17, 15) is 24.3 Å². The molecule has 0 radical (unpaired) electrons. The normalized spacial score (nSPS) is 26.3. The molecular weight excluding hydrogens is 726 g/mol. The number of fused-ring (bicyclic) bond motifs is 1. The number of aliphatic hydroxyl groups is 1. The van der Waals surface area contributed by atoms with Crippen LogP contribution in [0.5, 0.6) is 0 Å². The lowest BCUT2D eigenvalue weighted by Crippen LogP contribution is -2.59. The van der Waals surface area contributed by atoms with Crippen LogP contribution in [0.3, 0.4) is 0 Å². The van der Waals surface area contributed by atoms with Crippen molar-refractivity contribution in [2.75, 3.05) is 26.7 Å². The molecule has 1 spiro atoms. The maximum atomic E-state index is 14.9. The third-order valence-electron chi connectivity index (χ3n) is 11.0. The van der Waals surface area contributed by atoms with E-state index in [0.717, 1.165) is 18.4 Å². The quantitative estimate of drug-likeness (QED) is 0.125. The Bertz CT molecular complexity index is 1590. The Morgan fingerprint density at radius 3 is 2.40 bits per heavy atom. The van der Waals surface area contributed by atoms with Crippen molar-refractivity contribution in [1.29, 1.82) is 0 Å². The van der Waals surface area contributed by atoms with Crippen molar-refractivity contribution in [2.24, 2.45) is 11.8 Å². The second kappa shape index (κ2) is 17.4. The lowest BCUT2D eigenvalue weighted by atomic mass is 9.70. The standard InChI is InChI=1S/C41H52BrN3O7/c1-6-9-21-32(47)43(5)27(4)35(29-19-15-12-16-20-29)51-40(50)33-34-38(48)45(30(26-46)24-28-17-13-11-14-18-28)37(41(34)25-31(42)36(33)52-41)39(49)44(22-8-3)23-10-7-2/h6,8,11-20,27,30-31,33-37,46H,1,3,7,9-10,21-26H2,2,4-5H3/t27-,30+,31?,33+,34-,35+,36+,37+,41-/m0/s1. The highest BCUT2D eigenvalue weighted by atomic mass is 79.9. The molecule has 3 aliphatic heterocycles. The number of alkyl halides is 1. The highest BCUT2D eigenvalue weighted by molar-refractivity contribution is 9.09. The molecule has 1 unspecified atom stereocenters. The number of likely N-dealkylation sites (N-methyl/N-ethyl adjacent to an activating group) is 1. The molecule has 9 atom stereocenters. The summed E-state index contributed by atoms with van der Waals surface area (Å²) >= 11 is 3.76. The summed E-state index contributed by atoms with van der Waals surface area (Å²) in [7, 11) is 1.69. The molecule has 280 valence electrons. The Morgan fingerprint density at radius 2 is 1.79 bits per heavy atom. The summed E-state index contributed by atoms with van der Waals surface area (Å²) in [5.74, 6) is -3.50. The van der Waals surface area contributed by atoms with Gasteiger partial charge in [-0.25, -0.2) is 0 Å². The molecule has 2 bridgehead atoms. The highest BCUT2D eigenvalue weighted by Gasteiger charge is 2.77. The van der Waals surface area contributed by atoms with Gasteiger partial charge < -0.3 is 29.3 Å². The molecular formula is C41H52BrN3O7. The van der Waals surface area contributed by atoms with Crippen LogP contribution in [0.1, 0.15) is 63.2 Å². The zero-order valence-corrected chi connectivity index (χ0v) is 32.0. The number of amides is 3. The average molecular weight is 779 g/mol. The van der Waals surface area contributed by atoms with Crippen LogP contribution in [-0.4, -0.2) is 105 Å². The molecule has 2 aromatic carbocycles. The van der Waals surface area contributed by atoms with E-state index in [2.05, 4.69) is 29.1 Å². The van der Waals surface area contributed by atoms with Gasteiger partial charge in [0.1, 0.15) is 17.7 Å². The van der Waals surface area contributed by atoms with Crippen molar-refractivity contribution in [2.45, 2.75) is 93.1 Å². The second-order valence-corrected chi connectivity index (χ2v) is 15.4. The zero-order valence-electron chi connectivity index (χ0n) is 30.4. The first-order valence-electron chi connectivity index (χ1n) is 18.3. The van der Waals surface area contributed by atoms with Gasteiger partial charge in [0.15, 0.2) is 0 Å². The van der Waals surface area contributed by atoms with Crippen molar-refractivity contribution in [3.05, 3.63) is 97.1 Å². The van der Waals surface area contributed by atoms with E-state index in [1.165, 1.54) is 4.90 Å². The lowest BCUT2D eigenvalue weighted by molar-refractivity contribution is -0.165. The van der Waals surface area contributed by atoms with Crippen LogP contribution in [0, 0.1) is 11.8 Å². The summed E-state index contributed by atoms with van der Waals surface area (Å²) in [5, 5.41) is 10.8. The van der Waals surface area contributed by atoms with Gasteiger partial charge in [-0.15, -0.1) is 13.2 Å². The van der Waals surface area contributed by atoms with E-state index in [-0.39, 0.29) is 36.2 Å². The zero-order chi connectivity index (χ0) is 37.6. The van der Waals surface area contributed by atoms with E-state index in [1.54, 1.807) is 29.0 Å². The largest absolute Gasteiger partial charge is 0.455 e. The topological polar surface area (TPSA) is 117 Å². The van der Waals surface area contributed by atoms with E-state index in [1.807, 2.05) is 74.5 Å². The van der Waals surface area contributed by atoms with Gasteiger partial charge in [-0.2, -0.15) is 0 Å². The molecule has 3 amide bonds. The van der Waals surface area contributed by atoms with Crippen LogP contribution in [0.4, 0.5) is 0 Å². The number of nitrogens with zero attached hydrogens (tertiary/aromatic N) is 3. The lowest BCUT2D eigenvalue weighted by Gasteiger charge is -2.39. The average Bonchev–Trinajstić information content (AvgIpc) is 3.76. The van der Waals surface area contributed by atoms with Crippen LogP contribution >= 0.6 is 15.9 Å². The summed E-state index contributed by atoms with van der Waals surface area (Å²) < 4.78 is 13.2. The Kier molecular flexibility index (Phi) is 13.1. The van der Waals surface area contributed by atoms with Crippen molar-refractivity contribution < 1.29 is 33.8 Å². The number of aliphatic hydroxyl groups excluding tert-OH is 1. The van der Waals surface area contributed by atoms with Crippen LogP contribution in [0.2, 0.25) is 0 Å². The molecule has 3 heterocycles. The van der Waals surface area contributed by atoms with Crippen molar-refractivity contribution >= 4 is 39.6 Å². The van der Waals surface area contributed by atoms with Gasteiger partial charge in [0.25, 0.3) is 0 Å². The SMILES string of the molecule is C=CCCC(=O)N(C)[C@@H](C)[C@@H](OC(=O)[C@H]1[C@@H]2O[C@@]3(CC2Br)[C@@H]1C(=O)N([C@@H](CO)Cc1ccccc1)[C@@H]3C(=O)N(CC=C)CCCC)c1ccccc1. The number of carbonyl (C=O) groups is 4. The minimum absolute atomic E-state index is 0.115. The third kappa shape index (κ3) is 7.63. The predicted molar refractivity (Wildman–Crippen MR) is 202 cm³/mol. The monoisotopic (exact) mass is 777 g/mol. The van der Waals surface area contributed by atoms with Crippen LogP contribution < -0.4 is 0 Å². The van der Waals surface area contributed by atoms with Gasteiger partial charge in [0, 0.05) is 31.4 Å². The Labute approximate surface area is 315 Å². The number of unbranched alkanes of at least 4 members (excludes halogenated alkanes) is 1. The number of halogens is 1. The number of benzene rings is 2. The van der Waals surface area contributed by atoms with Gasteiger partial charge in [-0.3, -0.25) is 19.2 Å². The summed E-state index contributed by atoms with van der Waals surface area (Å²) in [6.45, 7) is 11.8. The predicted octanol–water partition coefficient (Wildman–Crippen LogP) is 5.25. The Morgan fingerprint density at radius 1 is 1.12 bits per heavy atom. The maximum Gasteiger partial charge on any atom is 0.313 e. The summed E-state index contributed by atoms with van der Waals surface area (Å²) in [6.07, 6.45) is 4.81. The highest BCUT2D eigenvalue weighted by Crippen LogP contribution is 2.61. The van der Waals surface area contributed by atoms with E-state index >= 15 is 0 Å². The van der Waals surface area contributed by atoms with Gasteiger partial charge in [0.2, 0.25) is 17.7 Å². The molecule has 0 aromatic heterocycles. The molecule has 3 aliphatic rings. The Balaban J connectivity index is 1.54. The molecule has 52 heavy (non-hydrogen) atoms. The summed E-state index contributed by atoms with van der Waals surface area (Å²) in [6, 6.07) is 16.4. The molecule has 11 heteroatoms. The minimum atomic E-state index is -1.34. The first-order valence-corrected chi connectivity index (χ1v) is 19.3. The molecule has 0 saturated carbocycles. The number of likely N-dealkylation sites (tertiary alicyclic amines) is 1.